The van der Waals surface area contributed by atoms with Crippen molar-refractivity contribution >= 4 is 33.0 Å². The number of nitrogens with one attached hydrogen (secondary N) is 2. The van der Waals surface area contributed by atoms with Crippen molar-refractivity contribution in [1.82, 2.24) is 4.31 Å². The van der Waals surface area contributed by atoms with Gasteiger partial charge in [0.25, 0.3) is 5.69 Å². The summed E-state index contributed by atoms with van der Waals surface area (Å²) in [6.07, 6.45) is 2.65. The van der Waals surface area contributed by atoms with Crippen LogP contribution in [-0.2, 0) is 14.8 Å². The first-order valence-electron chi connectivity index (χ1n) is 10.3. The first kappa shape index (κ1) is 23.5. The van der Waals surface area contributed by atoms with Crippen LogP contribution in [0.1, 0.15) is 25.7 Å². The van der Waals surface area contributed by atoms with Crippen molar-refractivity contribution in [2.75, 3.05) is 37.4 Å². The van der Waals surface area contributed by atoms with Gasteiger partial charge in [0.15, 0.2) is 0 Å². The second-order valence-electron chi connectivity index (χ2n) is 7.33. The molecule has 0 saturated carbocycles. The molecule has 2 N–H and O–H groups in total. The van der Waals surface area contributed by atoms with Gasteiger partial charge >= 0.3 is 0 Å². The van der Waals surface area contributed by atoms with E-state index in [9.17, 15) is 23.3 Å². The van der Waals surface area contributed by atoms with Crippen LogP contribution in [0.2, 0.25) is 0 Å². The molecule has 0 aromatic heterocycles. The van der Waals surface area contributed by atoms with Gasteiger partial charge < -0.3 is 15.4 Å². The molecule has 1 heterocycles. The van der Waals surface area contributed by atoms with Gasteiger partial charge in [0, 0.05) is 37.8 Å². The van der Waals surface area contributed by atoms with Crippen molar-refractivity contribution in [3.63, 3.8) is 0 Å². The fraction of sp³-hybridized carbons (Fsp3) is 0.381. The third kappa shape index (κ3) is 5.54. The molecule has 1 amide bonds. The minimum absolute atomic E-state index is 0.0118. The van der Waals surface area contributed by atoms with E-state index < -0.39 is 14.9 Å². The maximum Gasteiger partial charge on any atom is 0.292 e. The van der Waals surface area contributed by atoms with E-state index in [4.69, 9.17) is 4.74 Å². The molecule has 3 rings (SSSR count). The molecule has 32 heavy (non-hydrogen) atoms. The number of methoxy groups -OCH3 is 1. The minimum atomic E-state index is -3.75. The fourth-order valence-corrected chi connectivity index (χ4v) is 5.22. The van der Waals surface area contributed by atoms with E-state index in [1.165, 1.54) is 29.6 Å². The molecular formula is C21H26N4O6S. The van der Waals surface area contributed by atoms with Crippen LogP contribution in [0.25, 0.3) is 0 Å². The van der Waals surface area contributed by atoms with E-state index in [-0.39, 0.29) is 35.2 Å². The molecule has 1 saturated heterocycles. The normalized spacial score (nSPS) is 14.5. The van der Waals surface area contributed by atoms with E-state index in [1.807, 2.05) is 0 Å². The number of rotatable bonds is 9. The smallest absolute Gasteiger partial charge is 0.292 e. The summed E-state index contributed by atoms with van der Waals surface area (Å²) in [6.45, 7) is 1.09. The van der Waals surface area contributed by atoms with Gasteiger partial charge in [-0.2, -0.15) is 4.31 Å². The SMILES string of the molecule is COc1ccc(NC(=O)CCNc2ccccc2[N+](=O)[O-])cc1S(=O)(=O)N1CCCCC1. The summed E-state index contributed by atoms with van der Waals surface area (Å²) < 4.78 is 32.9. The number of sulfonamides is 1. The van der Waals surface area contributed by atoms with Gasteiger partial charge in [-0.25, -0.2) is 8.42 Å². The Morgan fingerprint density at radius 3 is 2.56 bits per heavy atom. The Kier molecular flexibility index (Phi) is 7.65. The summed E-state index contributed by atoms with van der Waals surface area (Å²) in [4.78, 5) is 22.9. The average molecular weight is 463 g/mol. The number of piperidine rings is 1. The predicted molar refractivity (Wildman–Crippen MR) is 120 cm³/mol. The number of ether oxygens (including phenoxy) is 1. The summed E-state index contributed by atoms with van der Waals surface area (Å²) in [5, 5.41) is 16.6. The first-order valence-corrected chi connectivity index (χ1v) is 11.7. The topological polar surface area (TPSA) is 131 Å². The zero-order chi connectivity index (χ0) is 23.1. The molecule has 0 radical (unpaired) electrons. The highest BCUT2D eigenvalue weighted by atomic mass is 32.2. The van der Waals surface area contributed by atoms with E-state index in [2.05, 4.69) is 10.6 Å². The number of carbonyl (C=O) groups is 1. The lowest BCUT2D eigenvalue weighted by molar-refractivity contribution is -0.384. The summed E-state index contributed by atoms with van der Waals surface area (Å²) in [6, 6.07) is 10.7. The van der Waals surface area contributed by atoms with Crippen LogP contribution in [0.3, 0.4) is 0 Å². The van der Waals surface area contributed by atoms with Gasteiger partial charge in [0.1, 0.15) is 16.3 Å². The number of amides is 1. The molecule has 2 aromatic rings. The van der Waals surface area contributed by atoms with Gasteiger partial charge in [0.2, 0.25) is 15.9 Å². The standard InChI is InChI=1S/C21H26N4O6S/c1-31-19-10-9-16(15-20(19)32(29,30)24-13-5-2-6-14-24)23-21(26)11-12-22-17-7-3-4-8-18(17)25(27)28/h3-4,7-10,15,22H,2,5-6,11-14H2,1H3,(H,23,26). The van der Waals surface area contributed by atoms with Crippen molar-refractivity contribution in [2.45, 2.75) is 30.6 Å². The Morgan fingerprint density at radius 2 is 1.88 bits per heavy atom. The molecule has 172 valence electrons. The van der Waals surface area contributed by atoms with Crippen LogP contribution < -0.4 is 15.4 Å². The zero-order valence-electron chi connectivity index (χ0n) is 17.7. The molecular weight excluding hydrogens is 436 g/mol. The van der Waals surface area contributed by atoms with Gasteiger partial charge in [-0.15, -0.1) is 0 Å². The van der Waals surface area contributed by atoms with Crippen molar-refractivity contribution in [3.05, 3.63) is 52.6 Å². The number of nitrogens with zero attached hydrogens (tertiary/aromatic N) is 2. The summed E-state index contributed by atoms with van der Waals surface area (Å²) >= 11 is 0. The molecule has 0 aliphatic carbocycles. The Morgan fingerprint density at radius 1 is 1.16 bits per heavy atom. The second-order valence-corrected chi connectivity index (χ2v) is 9.24. The number of nitro benzene ring substituents is 1. The summed E-state index contributed by atoms with van der Waals surface area (Å²) in [7, 11) is -2.35. The summed E-state index contributed by atoms with van der Waals surface area (Å²) in [5.74, 6) is -0.144. The monoisotopic (exact) mass is 462 g/mol. The highest BCUT2D eigenvalue weighted by molar-refractivity contribution is 7.89. The van der Waals surface area contributed by atoms with Crippen molar-refractivity contribution in [3.8, 4) is 5.75 Å². The largest absolute Gasteiger partial charge is 0.495 e. The molecule has 11 heteroatoms. The molecule has 1 aliphatic heterocycles. The lowest BCUT2D eigenvalue weighted by Crippen LogP contribution is -2.35. The van der Waals surface area contributed by atoms with Crippen LogP contribution in [0.15, 0.2) is 47.4 Å². The first-order chi connectivity index (χ1) is 15.3. The Balaban J connectivity index is 1.66. The quantitative estimate of drug-likeness (QED) is 0.432. The Bertz CT molecular complexity index is 1080. The van der Waals surface area contributed by atoms with E-state index in [1.54, 1.807) is 24.3 Å². The third-order valence-electron chi connectivity index (χ3n) is 5.15. The van der Waals surface area contributed by atoms with Crippen LogP contribution in [0, 0.1) is 10.1 Å². The van der Waals surface area contributed by atoms with Crippen molar-refractivity contribution in [2.24, 2.45) is 0 Å². The van der Waals surface area contributed by atoms with Gasteiger partial charge in [0.05, 0.1) is 12.0 Å². The van der Waals surface area contributed by atoms with Crippen LogP contribution in [0.4, 0.5) is 17.1 Å². The number of hydrogen-bond acceptors (Lipinski definition) is 7. The lowest BCUT2D eigenvalue weighted by atomic mass is 10.2. The third-order valence-corrected chi connectivity index (χ3v) is 7.07. The molecule has 0 bridgehead atoms. The Hall–Kier alpha value is -3.18. The lowest BCUT2D eigenvalue weighted by Gasteiger charge is -2.26. The number of benzene rings is 2. The summed E-state index contributed by atoms with van der Waals surface area (Å²) in [5.41, 5.74) is 0.581. The van der Waals surface area contributed by atoms with Crippen molar-refractivity contribution < 1.29 is 22.9 Å². The van der Waals surface area contributed by atoms with Crippen LogP contribution >= 0.6 is 0 Å². The van der Waals surface area contributed by atoms with Crippen LogP contribution in [-0.4, -0.2) is 50.3 Å². The molecule has 10 nitrogen and oxygen atoms in total. The predicted octanol–water partition coefficient (Wildman–Crippen LogP) is 3.22. The molecule has 0 atom stereocenters. The Labute approximate surface area is 186 Å². The highest BCUT2D eigenvalue weighted by Gasteiger charge is 2.29. The van der Waals surface area contributed by atoms with Gasteiger partial charge in [-0.3, -0.25) is 14.9 Å². The van der Waals surface area contributed by atoms with E-state index >= 15 is 0 Å². The van der Waals surface area contributed by atoms with Crippen molar-refractivity contribution in [1.29, 1.82) is 0 Å². The molecule has 1 aliphatic rings. The number of para-hydroxylation sites is 2. The van der Waals surface area contributed by atoms with Crippen LogP contribution in [0.5, 0.6) is 5.75 Å². The molecule has 2 aromatic carbocycles. The minimum Gasteiger partial charge on any atom is -0.495 e. The van der Waals surface area contributed by atoms with E-state index in [0.717, 1.165) is 19.3 Å². The number of anilines is 2. The molecule has 0 spiro atoms. The number of hydrogen-bond donors (Lipinski definition) is 2. The zero-order valence-corrected chi connectivity index (χ0v) is 18.6. The number of carbonyl (C=O) groups excluding carboxylic acids is 1. The molecule has 0 unspecified atom stereocenters. The van der Waals surface area contributed by atoms with E-state index in [0.29, 0.717) is 24.5 Å². The maximum atomic E-state index is 13.1. The highest BCUT2D eigenvalue weighted by Crippen LogP contribution is 2.31. The number of nitro groups is 1. The van der Waals surface area contributed by atoms with Gasteiger partial charge in [-0.05, 0) is 37.1 Å². The molecule has 1 fully saturated rings. The fourth-order valence-electron chi connectivity index (χ4n) is 3.52. The average Bonchev–Trinajstić information content (AvgIpc) is 2.80. The van der Waals surface area contributed by atoms with Gasteiger partial charge in [-0.1, -0.05) is 18.6 Å². The second kappa shape index (κ2) is 10.4. The maximum absolute atomic E-state index is 13.1.